The van der Waals surface area contributed by atoms with E-state index in [0.29, 0.717) is 6.42 Å². The van der Waals surface area contributed by atoms with Crippen LogP contribution in [-0.2, 0) is 22.6 Å². The maximum Gasteiger partial charge on any atom is 0.227 e. The van der Waals surface area contributed by atoms with Crippen molar-refractivity contribution in [2.75, 3.05) is 37.6 Å². The van der Waals surface area contributed by atoms with Gasteiger partial charge in [0, 0.05) is 70.2 Å². The summed E-state index contributed by atoms with van der Waals surface area (Å²) in [5.41, 5.74) is 3.42. The van der Waals surface area contributed by atoms with Crippen molar-refractivity contribution >= 4 is 17.5 Å². The smallest absolute Gasteiger partial charge is 0.227 e. The Labute approximate surface area is 172 Å². The lowest BCUT2D eigenvalue weighted by Gasteiger charge is -2.22. The molecule has 0 unspecified atom stereocenters. The van der Waals surface area contributed by atoms with E-state index in [9.17, 15) is 9.59 Å². The molecule has 2 aromatic rings. The van der Waals surface area contributed by atoms with Crippen LogP contribution < -0.4 is 4.90 Å². The van der Waals surface area contributed by atoms with Crippen molar-refractivity contribution in [3.63, 3.8) is 0 Å². The number of carbonyl (C=O) groups excluding carboxylic acids is 2. The Morgan fingerprint density at radius 3 is 2.62 bits per heavy atom. The molecule has 6 nitrogen and oxygen atoms in total. The molecule has 1 fully saturated rings. The minimum Gasteiger partial charge on any atom is -0.341 e. The van der Waals surface area contributed by atoms with E-state index in [0.717, 1.165) is 57.8 Å². The van der Waals surface area contributed by atoms with Gasteiger partial charge < -0.3 is 9.80 Å². The average Bonchev–Trinajstić information content (AvgIpc) is 3.05. The Morgan fingerprint density at radius 1 is 0.897 bits per heavy atom. The molecular weight excluding hydrogens is 364 g/mol. The van der Waals surface area contributed by atoms with Crippen molar-refractivity contribution in [2.24, 2.45) is 0 Å². The van der Waals surface area contributed by atoms with Crippen LogP contribution >= 0.6 is 0 Å². The number of amides is 2. The third kappa shape index (κ3) is 4.82. The van der Waals surface area contributed by atoms with Crippen LogP contribution in [0, 0.1) is 0 Å². The van der Waals surface area contributed by atoms with Crippen LogP contribution in [0.15, 0.2) is 48.8 Å². The molecule has 1 saturated heterocycles. The summed E-state index contributed by atoms with van der Waals surface area (Å²) in [6, 6.07) is 12.1. The number of anilines is 1. The van der Waals surface area contributed by atoms with Gasteiger partial charge in [0.1, 0.15) is 0 Å². The zero-order chi connectivity index (χ0) is 20.1. The minimum absolute atomic E-state index is 0.0522. The second-order valence-corrected chi connectivity index (χ2v) is 7.80. The zero-order valence-electron chi connectivity index (χ0n) is 16.8. The molecule has 0 atom stereocenters. The summed E-state index contributed by atoms with van der Waals surface area (Å²) < 4.78 is 0. The SMILES string of the molecule is O=C(CCC(=O)N1CCc2ccccc21)N1CCCN(Cc2cccnc2)CC1. The monoisotopic (exact) mass is 392 g/mol. The maximum absolute atomic E-state index is 12.7. The van der Waals surface area contributed by atoms with Gasteiger partial charge in [0.25, 0.3) is 0 Å². The van der Waals surface area contributed by atoms with Gasteiger partial charge in [-0.2, -0.15) is 0 Å². The van der Waals surface area contributed by atoms with Crippen LogP contribution in [0.3, 0.4) is 0 Å². The van der Waals surface area contributed by atoms with E-state index in [1.807, 2.05) is 40.3 Å². The Bertz CT molecular complexity index is 855. The Hall–Kier alpha value is -2.73. The van der Waals surface area contributed by atoms with Crippen molar-refractivity contribution in [3.05, 3.63) is 59.9 Å². The Kier molecular flexibility index (Phi) is 6.20. The van der Waals surface area contributed by atoms with E-state index < -0.39 is 0 Å². The third-order valence-electron chi connectivity index (χ3n) is 5.81. The number of aromatic nitrogens is 1. The molecule has 0 aliphatic carbocycles. The quantitative estimate of drug-likeness (QED) is 0.785. The largest absolute Gasteiger partial charge is 0.341 e. The molecule has 2 aliphatic heterocycles. The Balaban J connectivity index is 1.25. The fourth-order valence-corrected chi connectivity index (χ4v) is 4.23. The second kappa shape index (κ2) is 9.18. The summed E-state index contributed by atoms with van der Waals surface area (Å²) in [4.78, 5) is 35.7. The summed E-state index contributed by atoms with van der Waals surface area (Å²) in [6.07, 6.45) is 6.11. The van der Waals surface area contributed by atoms with Gasteiger partial charge in [-0.25, -0.2) is 0 Å². The van der Waals surface area contributed by atoms with Gasteiger partial charge in [0.05, 0.1) is 0 Å². The maximum atomic E-state index is 12.7. The number of rotatable bonds is 5. The van der Waals surface area contributed by atoms with Crippen molar-refractivity contribution in [2.45, 2.75) is 32.2 Å². The highest BCUT2D eigenvalue weighted by Gasteiger charge is 2.25. The lowest BCUT2D eigenvalue weighted by atomic mass is 10.2. The molecule has 0 saturated carbocycles. The predicted molar refractivity (Wildman–Crippen MR) is 112 cm³/mol. The summed E-state index contributed by atoms with van der Waals surface area (Å²) in [7, 11) is 0. The molecule has 1 aromatic heterocycles. The van der Waals surface area contributed by atoms with E-state index in [1.54, 1.807) is 6.20 Å². The molecule has 0 spiro atoms. The van der Waals surface area contributed by atoms with Gasteiger partial charge >= 0.3 is 0 Å². The van der Waals surface area contributed by atoms with E-state index in [1.165, 1.54) is 11.1 Å². The van der Waals surface area contributed by atoms with Gasteiger partial charge in [-0.05, 0) is 36.1 Å². The van der Waals surface area contributed by atoms with Crippen molar-refractivity contribution in [3.8, 4) is 0 Å². The number of fused-ring (bicyclic) bond motifs is 1. The molecule has 1 aromatic carbocycles. The van der Waals surface area contributed by atoms with Crippen molar-refractivity contribution < 1.29 is 9.59 Å². The van der Waals surface area contributed by atoms with Crippen molar-refractivity contribution in [1.29, 1.82) is 0 Å². The molecule has 4 rings (SSSR count). The fourth-order valence-electron chi connectivity index (χ4n) is 4.23. The molecular formula is C23H28N4O2. The van der Waals surface area contributed by atoms with Crippen LogP contribution in [0.4, 0.5) is 5.69 Å². The fraction of sp³-hybridized carbons (Fsp3) is 0.435. The predicted octanol–water partition coefficient (Wildman–Crippen LogP) is 2.49. The molecule has 3 heterocycles. The summed E-state index contributed by atoms with van der Waals surface area (Å²) in [5, 5.41) is 0. The topological polar surface area (TPSA) is 56.8 Å². The van der Waals surface area contributed by atoms with E-state index in [4.69, 9.17) is 0 Å². The lowest BCUT2D eigenvalue weighted by molar-refractivity contribution is -0.133. The van der Waals surface area contributed by atoms with Gasteiger partial charge in [0.2, 0.25) is 11.8 Å². The first-order valence-electron chi connectivity index (χ1n) is 10.5. The first kappa shape index (κ1) is 19.6. The highest BCUT2D eigenvalue weighted by molar-refractivity contribution is 5.97. The number of pyridine rings is 1. The van der Waals surface area contributed by atoms with Gasteiger partial charge in [-0.3, -0.25) is 19.5 Å². The van der Waals surface area contributed by atoms with Gasteiger partial charge in [0.15, 0.2) is 0 Å². The second-order valence-electron chi connectivity index (χ2n) is 7.80. The third-order valence-corrected chi connectivity index (χ3v) is 5.81. The molecule has 2 aliphatic rings. The standard InChI is InChI=1S/C23H28N4O2/c28-22(8-9-23(29)27-14-10-20-6-1-2-7-21(20)27)26-13-4-12-25(15-16-26)18-19-5-3-11-24-17-19/h1-3,5-7,11,17H,4,8-10,12-16,18H2. The highest BCUT2D eigenvalue weighted by Crippen LogP contribution is 2.28. The van der Waals surface area contributed by atoms with E-state index >= 15 is 0 Å². The number of hydrogen-bond donors (Lipinski definition) is 0. The molecule has 152 valence electrons. The first-order chi connectivity index (χ1) is 14.2. The first-order valence-corrected chi connectivity index (χ1v) is 10.5. The molecule has 0 radical (unpaired) electrons. The van der Waals surface area contributed by atoms with Gasteiger partial charge in [-0.1, -0.05) is 24.3 Å². The summed E-state index contributed by atoms with van der Waals surface area (Å²) >= 11 is 0. The minimum atomic E-state index is 0.0522. The average molecular weight is 393 g/mol. The summed E-state index contributed by atoms with van der Waals surface area (Å²) in [6.45, 7) is 4.90. The molecule has 0 bridgehead atoms. The molecule has 29 heavy (non-hydrogen) atoms. The normalized spacial score (nSPS) is 17.1. The number of para-hydroxylation sites is 1. The van der Waals surface area contributed by atoms with Crippen LogP contribution in [0.2, 0.25) is 0 Å². The number of nitrogens with zero attached hydrogens (tertiary/aromatic N) is 4. The number of benzene rings is 1. The van der Waals surface area contributed by atoms with Crippen LogP contribution in [0.1, 0.15) is 30.4 Å². The Morgan fingerprint density at radius 2 is 1.76 bits per heavy atom. The molecule has 6 heteroatoms. The van der Waals surface area contributed by atoms with Crippen LogP contribution in [0.25, 0.3) is 0 Å². The van der Waals surface area contributed by atoms with Crippen molar-refractivity contribution in [1.82, 2.24) is 14.8 Å². The zero-order valence-corrected chi connectivity index (χ0v) is 16.8. The number of carbonyl (C=O) groups is 2. The lowest BCUT2D eigenvalue weighted by Crippen LogP contribution is -2.36. The molecule has 0 N–H and O–H groups in total. The van der Waals surface area contributed by atoms with Gasteiger partial charge in [-0.15, -0.1) is 0 Å². The molecule has 2 amide bonds. The van der Waals surface area contributed by atoms with E-state index in [-0.39, 0.29) is 18.2 Å². The van der Waals surface area contributed by atoms with Crippen LogP contribution in [0.5, 0.6) is 0 Å². The number of hydrogen-bond acceptors (Lipinski definition) is 4. The van der Waals surface area contributed by atoms with E-state index in [2.05, 4.69) is 22.0 Å². The van der Waals surface area contributed by atoms with Crippen LogP contribution in [-0.4, -0.2) is 59.3 Å². The summed E-state index contributed by atoms with van der Waals surface area (Å²) in [5.74, 6) is 0.144. The highest BCUT2D eigenvalue weighted by atomic mass is 16.2.